The number of carbonyl (C=O) groups is 1. The third-order valence-electron chi connectivity index (χ3n) is 4.21. The van der Waals surface area contributed by atoms with Gasteiger partial charge in [0, 0.05) is 23.4 Å². The first-order valence-corrected chi connectivity index (χ1v) is 10.0. The first-order chi connectivity index (χ1) is 14.5. The molecule has 0 aliphatic rings. The minimum Gasteiger partial charge on any atom is -0.487 e. The molecule has 0 unspecified atom stereocenters. The van der Waals surface area contributed by atoms with Crippen molar-refractivity contribution in [2.75, 3.05) is 5.32 Å². The lowest BCUT2D eigenvalue weighted by Crippen LogP contribution is -2.16. The largest absolute Gasteiger partial charge is 0.487 e. The summed E-state index contributed by atoms with van der Waals surface area (Å²) in [6.45, 7) is 2.05. The molecule has 30 heavy (non-hydrogen) atoms. The zero-order chi connectivity index (χ0) is 21.1. The summed E-state index contributed by atoms with van der Waals surface area (Å²) in [6, 6.07) is 13.6. The number of aryl methyl sites for hydroxylation is 1. The van der Waals surface area contributed by atoms with E-state index in [0.29, 0.717) is 22.1 Å². The van der Waals surface area contributed by atoms with Crippen LogP contribution in [-0.4, -0.2) is 20.5 Å². The predicted octanol–water partition coefficient (Wildman–Crippen LogP) is 3.68. The Morgan fingerprint density at radius 3 is 2.83 bits per heavy atom. The fourth-order valence-electron chi connectivity index (χ4n) is 2.77. The lowest BCUT2D eigenvalue weighted by Gasteiger charge is -2.09. The van der Waals surface area contributed by atoms with Gasteiger partial charge in [0.1, 0.15) is 23.2 Å². The van der Waals surface area contributed by atoms with Crippen LogP contribution in [-0.2, 0) is 13.0 Å². The number of rotatable bonds is 6. The Labute approximate surface area is 174 Å². The molecule has 2 aromatic carbocycles. The fourth-order valence-corrected chi connectivity index (χ4v) is 3.62. The number of carbonyl (C=O) groups excluding carboxylic acids is 1. The molecular formula is C21H17FN4O3S. The van der Waals surface area contributed by atoms with Gasteiger partial charge in [-0.1, -0.05) is 30.4 Å². The van der Waals surface area contributed by atoms with Crippen molar-refractivity contribution in [3.8, 4) is 5.75 Å². The Morgan fingerprint density at radius 1 is 1.20 bits per heavy atom. The number of benzene rings is 2. The molecule has 0 radical (unpaired) electrons. The maximum absolute atomic E-state index is 13.3. The molecule has 0 saturated carbocycles. The van der Waals surface area contributed by atoms with Crippen molar-refractivity contribution in [3.63, 3.8) is 0 Å². The van der Waals surface area contributed by atoms with Crippen molar-refractivity contribution >= 4 is 27.9 Å². The number of hydrogen-bond donors (Lipinski definition) is 1. The standard InChI is InChI=1S/C21H17FN4O3S/c1-2-18-25-26-19(27)11-16(24-21(26)30-18)12-29-17-8-4-7-15(10-17)23-20(28)13-5-3-6-14(22)9-13/h3-11H,2,12H2,1H3,(H,23,28). The van der Waals surface area contributed by atoms with E-state index in [-0.39, 0.29) is 17.7 Å². The van der Waals surface area contributed by atoms with Gasteiger partial charge in [-0.05, 0) is 36.8 Å². The first kappa shape index (κ1) is 19.7. The Hall–Kier alpha value is -3.59. The number of anilines is 1. The van der Waals surface area contributed by atoms with Crippen LogP contribution in [0.15, 0.2) is 59.4 Å². The van der Waals surface area contributed by atoms with E-state index in [2.05, 4.69) is 15.4 Å². The van der Waals surface area contributed by atoms with Crippen molar-refractivity contribution in [2.45, 2.75) is 20.0 Å². The second kappa shape index (κ2) is 8.42. The van der Waals surface area contributed by atoms with Crippen LogP contribution in [0.3, 0.4) is 0 Å². The summed E-state index contributed by atoms with van der Waals surface area (Å²) < 4.78 is 20.3. The molecule has 0 fully saturated rings. The fraction of sp³-hybridized carbons (Fsp3) is 0.143. The molecule has 0 saturated heterocycles. The highest BCUT2D eigenvalue weighted by atomic mass is 32.1. The average molecular weight is 424 g/mol. The molecule has 7 nitrogen and oxygen atoms in total. The summed E-state index contributed by atoms with van der Waals surface area (Å²) in [5.41, 5.74) is 0.946. The highest BCUT2D eigenvalue weighted by Crippen LogP contribution is 2.20. The van der Waals surface area contributed by atoms with Crippen molar-refractivity contribution in [3.05, 3.63) is 87.0 Å². The van der Waals surface area contributed by atoms with E-state index >= 15 is 0 Å². The maximum atomic E-state index is 13.3. The van der Waals surface area contributed by atoms with Gasteiger partial charge < -0.3 is 10.1 Å². The van der Waals surface area contributed by atoms with Crippen LogP contribution in [0.5, 0.6) is 5.75 Å². The molecule has 1 amide bonds. The smallest absolute Gasteiger partial charge is 0.275 e. The number of nitrogens with zero attached hydrogens (tertiary/aromatic N) is 3. The Bertz CT molecular complexity index is 1280. The van der Waals surface area contributed by atoms with E-state index in [0.717, 1.165) is 11.4 Å². The maximum Gasteiger partial charge on any atom is 0.275 e. The van der Waals surface area contributed by atoms with E-state index in [1.54, 1.807) is 24.3 Å². The van der Waals surface area contributed by atoms with Gasteiger partial charge in [0.2, 0.25) is 4.96 Å². The molecule has 2 aromatic heterocycles. The zero-order valence-electron chi connectivity index (χ0n) is 16.0. The van der Waals surface area contributed by atoms with Crippen molar-refractivity contribution in [1.29, 1.82) is 0 Å². The quantitative estimate of drug-likeness (QED) is 0.510. The summed E-state index contributed by atoms with van der Waals surface area (Å²) in [4.78, 5) is 29.4. The Morgan fingerprint density at radius 2 is 2.03 bits per heavy atom. The molecule has 4 rings (SSSR count). The normalized spacial score (nSPS) is 10.9. The van der Waals surface area contributed by atoms with Gasteiger partial charge in [-0.25, -0.2) is 9.37 Å². The topological polar surface area (TPSA) is 85.6 Å². The second-order valence-corrected chi connectivity index (χ2v) is 7.45. The molecule has 4 aromatic rings. The summed E-state index contributed by atoms with van der Waals surface area (Å²) in [7, 11) is 0. The van der Waals surface area contributed by atoms with E-state index < -0.39 is 11.7 Å². The Balaban J connectivity index is 1.46. The third kappa shape index (κ3) is 4.36. The molecule has 0 aliphatic heterocycles. The van der Waals surface area contributed by atoms with Crippen LogP contribution in [0.1, 0.15) is 28.0 Å². The van der Waals surface area contributed by atoms with Gasteiger partial charge in [-0.2, -0.15) is 9.61 Å². The summed E-state index contributed by atoms with van der Waals surface area (Å²) in [5, 5.41) is 7.75. The van der Waals surface area contributed by atoms with Crippen LogP contribution in [0.25, 0.3) is 4.96 Å². The molecule has 0 spiro atoms. The van der Waals surface area contributed by atoms with Crippen molar-refractivity contribution in [1.82, 2.24) is 14.6 Å². The molecular weight excluding hydrogens is 407 g/mol. The van der Waals surface area contributed by atoms with Gasteiger partial charge in [0.05, 0.1) is 5.69 Å². The molecule has 2 heterocycles. The molecule has 0 aliphatic carbocycles. The number of amides is 1. The minimum absolute atomic E-state index is 0.0897. The highest BCUT2D eigenvalue weighted by Gasteiger charge is 2.10. The number of aromatic nitrogens is 3. The van der Waals surface area contributed by atoms with E-state index in [1.807, 2.05) is 6.92 Å². The number of hydrogen-bond acceptors (Lipinski definition) is 6. The predicted molar refractivity (Wildman–Crippen MR) is 112 cm³/mol. The van der Waals surface area contributed by atoms with Gasteiger partial charge in [0.25, 0.3) is 11.5 Å². The van der Waals surface area contributed by atoms with E-state index in [4.69, 9.17) is 4.74 Å². The van der Waals surface area contributed by atoms with Crippen LogP contribution in [0, 0.1) is 5.82 Å². The lowest BCUT2D eigenvalue weighted by atomic mass is 10.2. The molecule has 1 N–H and O–H groups in total. The number of halogens is 1. The summed E-state index contributed by atoms with van der Waals surface area (Å²) in [6.07, 6.45) is 0.730. The summed E-state index contributed by atoms with van der Waals surface area (Å²) in [5.74, 6) is -0.414. The second-order valence-electron chi connectivity index (χ2n) is 6.41. The SMILES string of the molecule is CCc1nn2c(=O)cc(COc3cccc(NC(=O)c4cccc(F)c4)c3)nc2s1. The van der Waals surface area contributed by atoms with Crippen molar-refractivity contribution in [2.24, 2.45) is 0 Å². The van der Waals surface area contributed by atoms with E-state index in [1.165, 1.54) is 46.2 Å². The number of nitrogens with one attached hydrogen (secondary N) is 1. The van der Waals surface area contributed by atoms with Gasteiger partial charge in [-0.15, -0.1) is 0 Å². The first-order valence-electron chi connectivity index (χ1n) is 9.20. The Kier molecular flexibility index (Phi) is 5.53. The number of ether oxygens (including phenoxy) is 1. The summed E-state index contributed by atoms with van der Waals surface area (Å²) >= 11 is 1.37. The molecule has 9 heteroatoms. The lowest BCUT2D eigenvalue weighted by molar-refractivity contribution is 0.102. The van der Waals surface area contributed by atoms with E-state index in [9.17, 15) is 14.0 Å². The van der Waals surface area contributed by atoms with Crippen LogP contribution >= 0.6 is 11.3 Å². The average Bonchev–Trinajstić information content (AvgIpc) is 3.16. The van der Waals surface area contributed by atoms with Crippen LogP contribution in [0.4, 0.5) is 10.1 Å². The van der Waals surface area contributed by atoms with Crippen molar-refractivity contribution < 1.29 is 13.9 Å². The monoisotopic (exact) mass is 424 g/mol. The zero-order valence-corrected chi connectivity index (χ0v) is 16.8. The molecule has 0 bridgehead atoms. The van der Waals surface area contributed by atoms with Crippen LogP contribution in [0.2, 0.25) is 0 Å². The molecule has 0 atom stereocenters. The van der Waals surface area contributed by atoms with Gasteiger partial charge in [-0.3, -0.25) is 9.59 Å². The third-order valence-corrected chi connectivity index (χ3v) is 5.26. The highest BCUT2D eigenvalue weighted by molar-refractivity contribution is 7.16. The van der Waals surface area contributed by atoms with Gasteiger partial charge >= 0.3 is 0 Å². The minimum atomic E-state index is -0.480. The van der Waals surface area contributed by atoms with Gasteiger partial charge in [0.15, 0.2) is 0 Å². The van der Waals surface area contributed by atoms with Crippen LogP contribution < -0.4 is 15.6 Å². The molecule has 152 valence electrons. The number of fused-ring (bicyclic) bond motifs is 1.